The van der Waals surface area contributed by atoms with E-state index in [0.717, 1.165) is 5.56 Å². The molecule has 1 atom stereocenters. The highest BCUT2D eigenvalue weighted by atomic mass is 16.6. The Hall–Kier alpha value is -1.75. The molecule has 0 spiro atoms. The Labute approximate surface area is 120 Å². The number of phenolic OH excluding ortho intramolecular Hbond substituents is 1. The number of hydrogen-bond acceptors (Lipinski definition) is 4. The van der Waals surface area contributed by atoms with Gasteiger partial charge in [-0.05, 0) is 45.2 Å². The number of amides is 1. The zero-order chi connectivity index (χ0) is 15.2. The number of carbonyl (C=O) groups excluding carboxylic acids is 1. The molecule has 0 aliphatic carbocycles. The van der Waals surface area contributed by atoms with Crippen LogP contribution in [0.15, 0.2) is 24.3 Å². The summed E-state index contributed by atoms with van der Waals surface area (Å²) in [7, 11) is 0. The van der Waals surface area contributed by atoms with Crippen LogP contribution in [0.5, 0.6) is 5.75 Å². The standard InChI is InChI=1S/C15H24N2O3/c1-15(2,3)20-14(19)17-10-12(16)9-8-11-6-4-5-7-13(11)18/h4-7,12,18H,8-10,16H2,1-3H3,(H,17,19). The van der Waals surface area contributed by atoms with Crippen LogP contribution in [0.2, 0.25) is 0 Å². The minimum atomic E-state index is -0.510. The summed E-state index contributed by atoms with van der Waals surface area (Å²) in [5, 5.41) is 12.3. The average Bonchev–Trinajstić information content (AvgIpc) is 2.33. The summed E-state index contributed by atoms with van der Waals surface area (Å²) in [6.07, 6.45) is 0.882. The number of rotatable bonds is 5. The van der Waals surface area contributed by atoms with Crippen molar-refractivity contribution in [3.8, 4) is 5.75 Å². The highest BCUT2D eigenvalue weighted by Gasteiger charge is 2.16. The van der Waals surface area contributed by atoms with Gasteiger partial charge in [0.25, 0.3) is 0 Å². The zero-order valence-corrected chi connectivity index (χ0v) is 12.3. The predicted octanol–water partition coefficient (Wildman–Crippen LogP) is 2.18. The van der Waals surface area contributed by atoms with Crippen LogP contribution in [0.4, 0.5) is 4.79 Å². The molecule has 1 amide bonds. The number of nitrogens with one attached hydrogen (secondary N) is 1. The summed E-state index contributed by atoms with van der Waals surface area (Å²) in [5.74, 6) is 0.278. The van der Waals surface area contributed by atoms with Gasteiger partial charge in [0.2, 0.25) is 0 Å². The van der Waals surface area contributed by atoms with Gasteiger partial charge in [0, 0.05) is 12.6 Å². The van der Waals surface area contributed by atoms with Crippen molar-refractivity contribution < 1.29 is 14.6 Å². The summed E-state index contributed by atoms with van der Waals surface area (Å²) >= 11 is 0. The van der Waals surface area contributed by atoms with E-state index in [1.54, 1.807) is 12.1 Å². The predicted molar refractivity (Wildman–Crippen MR) is 78.6 cm³/mol. The maximum atomic E-state index is 11.5. The van der Waals surface area contributed by atoms with Crippen LogP contribution >= 0.6 is 0 Å². The molecule has 0 bridgehead atoms. The first-order valence-corrected chi connectivity index (χ1v) is 6.77. The molecular formula is C15H24N2O3. The first-order chi connectivity index (χ1) is 9.28. The second kappa shape index (κ2) is 7.14. The zero-order valence-electron chi connectivity index (χ0n) is 12.3. The van der Waals surface area contributed by atoms with E-state index >= 15 is 0 Å². The van der Waals surface area contributed by atoms with Crippen LogP contribution < -0.4 is 11.1 Å². The molecule has 0 aromatic heterocycles. The van der Waals surface area contributed by atoms with Gasteiger partial charge in [-0.3, -0.25) is 0 Å². The number of benzene rings is 1. The third-order valence-electron chi connectivity index (χ3n) is 2.68. The van der Waals surface area contributed by atoms with Gasteiger partial charge in [0.1, 0.15) is 11.4 Å². The number of alkyl carbamates (subject to hydrolysis) is 1. The largest absolute Gasteiger partial charge is 0.508 e. The highest BCUT2D eigenvalue weighted by Crippen LogP contribution is 2.17. The van der Waals surface area contributed by atoms with Crippen LogP contribution in [0.25, 0.3) is 0 Å². The van der Waals surface area contributed by atoms with Crippen LogP contribution in [0, 0.1) is 0 Å². The third-order valence-corrected chi connectivity index (χ3v) is 2.68. The Bertz CT molecular complexity index is 441. The number of para-hydroxylation sites is 1. The Kier molecular flexibility index (Phi) is 5.82. The summed E-state index contributed by atoms with van der Waals surface area (Å²) in [6, 6.07) is 6.99. The van der Waals surface area contributed by atoms with Gasteiger partial charge in [0.05, 0.1) is 0 Å². The van der Waals surface area contributed by atoms with E-state index in [4.69, 9.17) is 10.5 Å². The van der Waals surface area contributed by atoms with Crippen molar-refractivity contribution in [2.24, 2.45) is 5.73 Å². The molecule has 5 nitrogen and oxygen atoms in total. The van der Waals surface area contributed by atoms with Crippen molar-refractivity contribution in [2.75, 3.05) is 6.54 Å². The topological polar surface area (TPSA) is 84.6 Å². The normalized spacial score (nSPS) is 12.8. The van der Waals surface area contributed by atoms with Crippen molar-refractivity contribution >= 4 is 6.09 Å². The quantitative estimate of drug-likeness (QED) is 0.771. The molecule has 0 aliphatic rings. The van der Waals surface area contributed by atoms with Crippen LogP contribution in [0.3, 0.4) is 0 Å². The molecule has 112 valence electrons. The van der Waals surface area contributed by atoms with Crippen molar-refractivity contribution in [3.05, 3.63) is 29.8 Å². The molecule has 4 N–H and O–H groups in total. The second-order valence-electron chi connectivity index (χ2n) is 5.81. The number of aromatic hydroxyl groups is 1. The van der Waals surface area contributed by atoms with E-state index in [0.29, 0.717) is 19.4 Å². The van der Waals surface area contributed by atoms with Gasteiger partial charge >= 0.3 is 6.09 Å². The van der Waals surface area contributed by atoms with Crippen LogP contribution in [-0.2, 0) is 11.2 Å². The molecular weight excluding hydrogens is 256 g/mol. The third kappa shape index (κ3) is 6.43. The fraction of sp³-hybridized carbons (Fsp3) is 0.533. The van der Waals surface area contributed by atoms with Crippen LogP contribution in [0.1, 0.15) is 32.8 Å². The van der Waals surface area contributed by atoms with Gasteiger partial charge < -0.3 is 20.9 Å². The molecule has 5 heteroatoms. The van der Waals surface area contributed by atoms with E-state index in [1.165, 1.54) is 0 Å². The lowest BCUT2D eigenvalue weighted by Crippen LogP contribution is -2.40. The fourth-order valence-electron chi connectivity index (χ4n) is 1.69. The van der Waals surface area contributed by atoms with Gasteiger partial charge in [-0.1, -0.05) is 18.2 Å². The van der Waals surface area contributed by atoms with Crippen molar-refractivity contribution in [2.45, 2.75) is 45.3 Å². The number of phenols is 1. The maximum Gasteiger partial charge on any atom is 0.407 e. The second-order valence-corrected chi connectivity index (χ2v) is 5.81. The Morgan fingerprint density at radius 2 is 2.05 bits per heavy atom. The lowest BCUT2D eigenvalue weighted by Gasteiger charge is -2.20. The first kappa shape index (κ1) is 16.3. The number of carbonyl (C=O) groups is 1. The van der Waals surface area contributed by atoms with E-state index in [2.05, 4.69) is 5.32 Å². The van der Waals surface area contributed by atoms with Crippen molar-refractivity contribution in [3.63, 3.8) is 0 Å². The maximum absolute atomic E-state index is 11.5. The van der Waals surface area contributed by atoms with E-state index in [9.17, 15) is 9.90 Å². The molecule has 1 unspecified atom stereocenters. The summed E-state index contributed by atoms with van der Waals surface area (Å²) < 4.78 is 5.12. The molecule has 0 radical (unpaired) electrons. The SMILES string of the molecule is CC(C)(C)OC(=O)NCC(N)CCc1ccccc1O. The summed E-state index contributed by atoms with van der Waals surface area (Å²) in [6.45, 7) is 5.78. The molecule has 1 rings (SSSR count). The molecule has 0 heterocycles. The molecule has 1 aromatic rings. The van der Waals surface area contributed by atoms with Gasteiger partial charge in [0.15, 0.2) is 0 Å². The lowest BCUT2D eigenvalue weighted by molar-refractivity contribution is 0.0524. The van der Waals surface area contributed by atoms with E-state index in [1.807, 2.05) is 32.9 Å². The molecule has 1 aromatic carbocycles. The Morgan fingerprint density at radius 3 is 2.65 bits per heavy atom. The van der Waals surface area contributed by atoms with Gasteiger partial charge in [-0.15, -0.1) is 0 Å². The number of hydrogen-bond donors (Lipinski definition) is 3. The summed E-state index contributed by atoms with van der Waals surface area (Å²) in [5.41, 5.74) is 6.28. The molecule has 0 aliphatic heterocycles. The molecule has 0 saturated heterocycles. The van der Waals surface area contributed by atoms with Gasteiger partial charge in [-0.25, -0.2) is 4.79 Å². The van der Waals surface area contributed by atoms with Crippen LogP contribution in [-0.4, -0.2) is 29.4 Å². The monoisotopic (exact) mass is 280 g/mol. The lowest BCUT2D eigenvalue weighted by atomic mass is 10.0. The minimum absolute atomic E-state index is 0.179. The fourth-order valence-corrected chi connectivity index (χ4v) is 1.69. The van der Waals surface area contributed by atoms with E-state index in [-0.39, 0.29) is 11.8 Å². The Balaban J connectivity index is 2.29. The van der Waals surface area contributed by atoms with Crippen molar-refractivity contribution in [1.82, 2.24) is 5.32 Å². The first-order valence-electron chi connectivity index (χ1n) is 6.77. The highest BCUT2D eigenvalue weighted by molar-refractivity contribution is 5.67. The molecule has 20 heavy (non-hydrogen) atoms. The van der Waals surface area contributed by atoms with Crippen molar-refractivity contribution in [1.29, 1.82) is 0 Å². The Morgan fingerprint density at radius 1 is 1.40 bits per heavy atom. The minimum Gasteiger partial charge on any atom is -0.508 e. The van der Waals surface area contributed by atoms with E-state index < -0.39 is 11.7 Å². The number of aryl methyl sites for hydroxylation is 1. The molecule has 0 saturated carbocycles. The van der Waals surface area contributed by atoms with Gasteiger partial charge in [-0.2, -0.15) is 0 Å². The summed E-state index contributed by atoms with van der Waals surface area (Å²) in [4.78, 5) is 11.5. The molecule has 0 fully saturated rings. The smallest absolute Gasteiger partial charge is 0.407 e. The number of nitrogens with two attached hydrogens (primary N) is 1. The number of ether oxygens (including phenoxy) is 1. The average molecular weight is 280 g/mol.